The standard InChI is InChI=1S/C18H28N4O5S3/c1-27-18(24)16(6-7-20-29-2)22-17(23)12-4-3-5-15(8-12)30(25,26)21-10-13-9-14(28)11-19-13/h3-5,8,13-14,16,19-21,28H,6-7,9-11H2,1-2H3,(H,22,23)/t13-,14-,16-/m0/s1. The number of nitrogens with one attached hydrogen (secondary N) is 4. The van der Waals surface area contributed by atoms with Gasteiger partial charge in [-0.25, -0.2) is 17.9 Å². The van der Waals surface area contributed by atoms with Crippen molar-refractivity contribution < 1.29 is 22.7 Å². The number of thiol groups is 1. The van der Waals surface area contributed by atoms with E-state index in [0.717, 1.165) is 13.0 Å². The van der Waals surface area contributed by atoms with Crippen molar-refractivity contribution in [2.24, 2.45) is 0 Å². The first-order chi connectivity index (χ1) is 14.3. The van der Waals surface area contributed by atoms with Crippen molar-refractivity contribution in [1.29, 1.82) is 0 Å². The number of benzene rings is 1. The van der Waals surface area contributed by atoms with E-state index >= 15 is 0 Å². The minimum absolute atomic E-state index is 0.0180. The van der Waals surface area contributed by atoms with E-state index < -0.39 is 27.9 Å². The molecule has 4 N–H and O–H groups in total. The van der Waals surface area contributed by atoms with Gasteiger partial charge < -0.3 is 15.4 Å². The Morgan fingerprint density at radius 3 is 2.80 bits per heavy atom. The zero-order chi connectivity index (χ0) is 22.1. The van der Waals surface area contributed by atoms with Crippen molar-refractivity contribution in [1.82, 2.24) is 20.1 Å². The van der Waals surface area contributed by atoms with Crippen LogP contribution < -0.4 is 20.1 Å². The van der Waals surface area contributed by atoms with Crippen LogP contribution in [0.2, 0.25) is 0 Å². The molecule has 12 heteroatoms. The van der Waals surface area contributed by atoms with Crippen LogP contribution in [0.15, 0.2) is 29.2 Å². The maximum atomic E-state index is 12.6. The summed E-state index contributed by atoms with van der Waals surface area (Å²) in [6, 6.07) is 4.86. The second-order valence-corrected chi connectivity index (χ2v) is 10.0. The highest BCUT2D eigenvalue weighted by Gasteiger charge is 2.25. The van der Waals surface area contributed by atoms with E-state index in [-0.39, 0.29) is 28.3 Å². The molecule has 1 aromatic rings. The zero-order valence-electron chi connectivity index (χ0n) is 16.9. The Bertz CT molecular complexity index is 837. The molecular weight excluding hydrogens is 448 g/mol. The van der Waals surface area contributed by atoms with Crippen LogP contribution in [0.1, 0.15) is 23.2 Å². The Morgan fingerprint density at radius 2 is 2.17 bits per heavy atom. The fourth-order valence-corrected chi connectivity index (χ4v) is 4.80. The Hall–Kier alpha value is -1.31. The Labute approximate surface area is 187 Å². The first-order valence-corrected chi connectivity index (χ1v) is 12.6. The van der Waals surface area contributed by atoms with Gasteiger partial charge in [0.15, 0.2) is 0 Å². The number of sulfonamides is 1. The van der Waals surface area contributed by atoms with E-state index in [1.54, 1.807) is 0 Å². The van der Waals surface area contributed by atoms with Crippen LogP contribution in [0.25, 0.3) is 0 Å². The van der Waals surface area contributed by atoms with Gasteiger partial charge in [-0.15, -0.1) is 0 Å². The molecule has 30 heavy (non-hydrogen) atoms. The van der Waals surface area contributed by atoms with Gasteiger partial charge in [-0.2, -0.15) is 12.6 Å². The average molecular weight is 477 g/mol. The molecule has 168 valence electrons. The van der Waals surface area contributed by atoms with Gasteiger partial charge in [0.05, 0.1) is 12.0 Å². The fraction of sp³-hybridized carbons (Fsp3) is 0.556. The molecule has 1 aliphatic heterocycles. The summed E-state index contributed by atoms with van der Waals surface area (Å²) in [7, 11) is -2.54. The van der Waals surface area contributed by atoms with Gasteiger partial charge in [-0.05, 0) is 37.3 Å². The molecule has 1 aliphatic rings. The minimum Gasteiger partial charge on any atom is -0.467 e. The quantitative estimate of drug-likeness (QED) is 0.132. The van der Waals surface area contributed by atoms with E-state index in [9.17, 15) is 18.0 Å². The zero-order valence-corrected chi connectivity index (χ0v) is 19.4. The maximum Gasteiger partial charge on any atom is 0.328 e. The summed E-state index contributed by atoms with van der Waals surface area (Å²) in [5.41, 5.74) is 0.138. The number of rotatable bonds is 11. The molecule has 1 fully saturated rings. The molecule has 9 nitrogen and oxygen atoms in total. The second kappa shape index (κ2) is 11.9. The van der Waals surface area contributed by atoms with Crippen LogP contribution in [0.3, 0.4) is 0 Å². The maximum absolute atomic E-state index is 12.6. The Kier molecular flexibility index (Phi) is 9.91. The topological polar surface area (TPSA) is 126 Å². The highest BCUT2D eigenvalue weighted by Crippen LogP contribution is 2.15. The molecular formula is C18H28N4O5S3. The molecule has 1 saturated heterocycles. The third kappa shape index (κ3) is 7.43. The number of hydrogen-bond acceptors (Lipinski definition) is 9. The largest absolute Gasteiger partial charge is 0.467 e. The first kappa shape index (κ1) is 25.0. The molecule has 0 saturated carbocycles. The van der Waals surface area contributed by atoms with Gasteiger partial charge in [0.25, 0.3) is 5.91 Å². The van der Waals surface area contributed by atoms with E-state index in [0.29, 0.717) is 13.0 Å². The van der Waals surface area contributed by atoms with Gasteiger partial charge in [0, 0.05) is 36.5 Å². The average Bonchev–Trinajstić information content (AvgIpc) is 3.16. The lowest BCUT2D eigenvalue weighted by Gasteiger charge is -2.17. The number of ether oxygens (including phenoxy) is 1. The molecule has 1 amide bonds. The summed E-state index contributed by atoms with van der Waals surface area (Å²) in [6.45, 7) is 1.46. The first-order valence-electron chi connectivity index (χ1n) is 9.42. The van der Waals surface area contributed by atoms with Crippen molar-refractivity contribution in [2.75, 3.05) is 33.0 Å². The predicted octanol–water partition coefficient (Wildman–Crippen LogP) is 0.154. The monoisotopic (exact) mass is 476 g/mol. The van der Waals surface area contributed by atoms with Crippen molar-refractivity contribution in [2.45, 2.75) is 35.1 Å². The van der Waals surface area contributed by atoms with Crippen LogP contribution in [0.4, 0.5) is 0 Å². The lowest BCUT2D eigenvalue weighted by Crippen LogP contribution is -2.43. The number of methoxy groups -OCH3 is 1. The van der Waals surface area contributed by atoms with Gasteiger partial charge in [-0.3, -0.25) is 9.52 Å². The number of esters is 1. The molecule has 0 radical (unpaired) electrons. The van der Waals surface area contributed by atoms with Crippen molar-refractivity contribution in [3.63, 3.8) is 0 Å². The minimum atomic E-state index is -3.79. The van der Waals surface area contributed by atoms with Gasteiger partial charge >= 0.3 is 5.97 Å². The predicted molar refractivity (Wildman–Crippen MR) is 120 cm³/mol. The Morgan fingerprint density at radius 1 is 1.40 bits per heavy atom. The Balaban J connectivity index is 2.04. The van der Waals surface area contributed by atoms with Gasteiger partial charge in [0.1, 0.15) is 6.04 Å². The fourth-order valence-electron chi connectivity index (χ4n) is 2.99. The summed E-state index contributed by atoms with van der Waals surface area (Å²) in [4.78, 5) is 24.5. The molecule has 0 aliphatic carbocycles. The number of amides is 1. The van der Waals surface area contributed by atoms with E-state index in [4.69, 9.17) is 4.74 Å². The van der Waals surface area contributed by atoms with Crippen LogP contribution in [-0.4, -0.2) is 70.6 Å². The van der Waals surface area contributed by atoms with Gasteiger partial charge in [-0.1, -0.05) is 18.0 Å². The third-order valence-corrected chi connectivity index (χ3v) is 6.90. The summed E-state index contributed by atoms with van der Waals surface area (Å²) < 4.78 is 35.5. The summed E-state index contributed by atoms with van der Waals surface area (Å²) in [5, 5.41) is 6.02. The van der Waals surface area contributed by atoms with E-state index in [1.807, 2.05) is 6.26 Å². The molecule has 1 heterocycles. The normalized spacial score (nSPS) is 20.0. The molecule has 0 bridgehead atoms. The SMILES string of the molecule is COC(=O)[C@H](CCNSC)NC(=O)c1cccc(S(=O)(=O)NC[C@@H]2C[C@H](S)CN2)c1. The summed E-state index contributed by atoms with van der Waals surface area (Å²) in [5.74, 6) is -1.12. The molecule has 1 aromatic carbocycles. The molecule has 2 rings (SSSR count). The van der Waals surface area contributed by atoms with Crippen LogP contribution in [0, 0.1) is 0 Å². The highest BCUT2D eigenvalue weighted by molar-refractivity contribution is 7.96. The highest BCUT2D eigenvalue weighted by atomic mass is 32.2. The number of carbonyl (C=O) groups is 2. The molecule has 0 unspecified atom stereocenters. The number of carbonyl (C=O) groups excluding carboxylic acids is 2. The van der Waals surface area contributed by atoms with E-state index in [2.05, 4.69) is 32.7 Å². The van der Waals surface area contributed by atoms with Crippen molar-refractivity contribution in [3.05, 3.63) is 29.8 Å². The third-order valence-electron chi connectivity index (χ3n) is 4.60. The van der Waals surface area contributed by atoms with E-state index in [1.165, 1.54) is 43.3 Å². The van der Waals surface area contributed by atoms with Crippen molar-refractivity contribution in [3.8, 4) is 0 Å². The van der Waals surface area contributed by atoms with Crippen molar-refractivity contribution >= 4 is 46.5 Å². The molecule has 0 spiro atoms. The van der Waals surface area contributed by atoms with Crippen LogP contribution in [-0.2, 0) is 19.6 Å². The molecule has 3 atom stereocenters. The van der Waals surface area contributed by atoms with Crippen LogP contribution >= 0.6 is 24.6 Å². The summed E-state index contributed by atoms with van der Waals surface area (Å²) in [6.07, 6.45) is 2.96. The van der Waals surface area contributed by atoms with Gasteiger partial charge in [0.2, 0.25) is 10.0 Å². The lowest BCUT2D eigenvalue weighted by molar-refractivity contribution is -0.143. The summed E-state index contributed by atoms with van der Waals surface area (Å²) >= 11 is 5.78. The number of hydrogen-bond donors (Lipinski definition) is 5. The second-order valence-electron chi connectivity index (χ2n) is 6.81. The van der Waals surface area contributed by atoms with Crippen LogP contribution in [0.5, 0.6) is 0 Å². The smallest absolute Gasteiger partial charge is 0.328 e. The molecule has 0 aromatic heterocycles. The lowest BCUT2D eigenvalue weighted by atomic mass is 10.1.